The molecule has 2 aliphatic rings. The minimum absolute atomic E-state index is 0.107. The van der Waals surface area contributed by atoms with Crippen molar-refractivity contribution in [2.75, 3.05) is 6.54 Å². The number of carbonyl (C=O) groups is 2. The molecule has 7 heteroatoms. The molecule has 0 spiro atoms. The Hall–Kier alpha value is -2.70. The Balaban J connectivity index is 1.45. The molecule has 0 aromatic carbocycles. The molecule has 2 aromatic rings. The summed E-state index contributed by atoms with van der Waals surface area (Å²) in [5.41, 5.74) is 1.33. The van der Waals surface area contributed by atoms with Crippen LogP contribution in [-0.4, -0.2) is 37.8 Å². The summed E-state index contributed by atoms with van der Waals surface area (Å²) in [4.78, 5) is 35.5. The van der Waals surface area contributed by atoms with E-state index in [1.807, 2.05) is 28.5 Å². The number of carbonyl (C=O) groups excluding carboxylic acids is 2. The molecular formula is C19H23N5O2. The molecule has 2 aromatic heterocycles. The summed E-state index contributed by atoms with van der Waals surface area (Å²) in [6.45, 7) is 5.86. The summed E-state index contributed by atoms with van der Waals surface area (Å²) in [6, 6.07) is 3.64. The fourth-order valence-corrected chi connectivity index (χ4v) is 3.56. The normalized spacial score (nSPS) is 24.1. The van der Waals surface area contributed by atoms with E-state index in [0.29, 0.717) is 31.2 Å². The molecule has 0 unspecified atom stereocenters. The lowest BCUT2D eigenvalue weighted by atomic mass is 10.1. The van der Waals surface area contributed by atoms with E-state index < -0.39 is 0 Å². The quantitative estimate of drug-likeness (QED) is 0.908. The summed E-state index contributed by atoms with van der Waals surface area (Å²) < 4.78 is 1.99. The third kappa shape index (κ3) is 3.09. The molecule has 3 atom stereocenters. The Morgan fingerprint density at radius 3 is 2.81 bits per heavy atom. The van der Waals surface area contributed by atoms with Gasteiger partial charge < -0.3 is 14.8 Å². The van der Waals surface area contributed by atoms with Gasteiger partial charge in [-0.05, 0) is 30.9 Å². The van der Waals surface area contributed by atoms with Crippen LogP contribution in [0.25, 0.3) is 0 Å². The molecule has 7 nitrogen and oxygen atoms in total. The molecule has 136 valence electrons. The number of nitrogens with one attached hydrogen (secondary N) is 1. The van der Waals surface area contributed by atoms with Gasteiger partial charge >= 0.3 is 0 Å². The molecule has 1 aliphatic heterocycles. The van der Waals surface area contributed by atoms with E-state index in [4.69, 9.17) is 0 Å². The average molecular weight is 353 g/mol. The van der Waals surface area contributed by atoms with Crippen molar-refractivity contribution in [3.63, 3.8) is 0 Å². The SMILES string of the molecule is C[C@@H]1C[C@@H]1C(=O)N1CCn2cc(C(=O)NCc3cccnc3)nc2[C@@H]1C. The lowest BCUT2D eigenvalue weighted by Gasteiger charge is -2.34. The Morgan fingerprint density at radius 1 is 1.31 bits per heavy atom. The van der Waals surface area contributed by atoms with Gasteiger partial charge in [0.25, 0.3) is 5.91 Å². The zero-order chi connectivity index (χ0) is 18.3. The highest BCUT2D eigenvalue weighted by Crippen LogP contribution is 2.41. The minimum atomic E-state index is -0.211. The first-order valence-electron chi connectivity index (χ1n) is 9.09. The second-order valence-corrected chi connectivity index (χ2v) is 7.25. The second-order valence-electron chi connectivity index (χ2n) is 7.25. The molecule has 0 bridgehead atoms. The first kappa shape index (κ1) is 16.8. The van der Waals surface area contributed by atoms with Gasteiger partial charge in [0.05, 0.1) is 6.04 Å². The van der Waals surface area contributed by atoms with Gasteiger partial charge in [0.15, 0.2) is 0 Å². The fraction of sp³-hybridized carbons (Fsp3) is 0.474. The number of rotatable bonds is 4. The van der Waals surface area contributed by atoms with E-state index in [-0.39, 0.29) is 23.8 Å². The predicted molar refractivity (Wildman–Crippen MR) is 95.0 cm³/mol. The first-order valence-corrected chi connectivity index (χ1v) is 9.09. The molecule has 1 aliphatic carbocycles. The molecule has 4 rings (SSSR count). The van der Waals surface area contributed by atoms with Crippen LogP contribution in [0, 0.1) is 11.8 Å². The zero-order valence-electron chi connectivity index (χ0n) is 15.1. The van der Waals surface area contributed by atoms with E-state index in [1.54, 1.807) is 18.6 Å². The smallest absolute Gasteiger partial charge is 0.271 e. The molecule has 1 fully saturated rings. The monoisotopic (exact) mass is 353 g/mol. The summed E-state index contributed by atoms with van der Waals surface area (Å²) in [6.07, 6.45) is 6.19. The van der Waals surface area contributed by atoms with Crippen LogP contribution in [0.3, 0.4) is 0 Å². The van der Waals surface area contributed by atoms with Crippen LogP contribution >= 0.6 is 0 Å². The van der Waals surface area contributed by atoms with Crippen LogP contribution in [0.1, 0.15) is 48.2 Å². The summed E-state index contributed by atoms with van der Waals surface area (Å²) in [5.74, 6) is 1.45. The number of pyridine rings is 1. The van der Waals surface area contributed by atoms with Gasteiger partial charge in [-0.3, -0.25) is 14.6 Å². The number of hydrogen-bond acceptors (Lipinski definition) is 4. The van der Waals surface area contributed by atoms with E-state index in [2.05, 4.69) is 22.2 Å². The highest BCUT2D eigenvalue weighted by molar-refractivity contribution is 5.92. The molecule has 0 radical (unpaired) electrons. The van der Waals surface area contributed by atoms with Crippen molar-refractivity contribution >= 4 is 11.8 Å². The van der Waals surface area contributed by atoms with Gasteiger partial charge in [0.1, 0.15) is 11.5 Å². The van der Waals surface area contributed by atoms with Gasteiger partial charge in [-0.2, -0.15) is 0 Å². The van der Waals surface area contributed by atoms with E-state index in [0.717, 1.165) is 17.8 Å². The molecule has 26 heavy (non-hydrogen) atoms. The lowest BCUT2D eigenvalue weighted by Crippen LogP contribution is -2.42. The average Bonchev–Trinajstić information content (AvgIpc) is 3.21. The van der Waals surface area contributed by atoms with Gasteiger partial charge in [0.2, 0.25) is 5.91 Å². The highest BCUT2D eigenvalue weighted by Gasteiger charge is 2.44. The third-order valence-electron chi connectivity index (χ3n) is 5.35. The van der Waals surface area contributed by atoms with Gasteiger partial charge in [-0.15, -0.1) is 0 Å². The van der Waals surface area contributed by atoms with Crippen molar-refractivity contribution in [3.05, 3.63) is 47.8 Å². The molecule has 1 N–H and O–H groups in total. The molecule has 3 heterocycles. The fourth-order valence-electron chi connectivity index (χ4n) is 3.56. The topological polar surface area (TPSA) is 80.1 Å². The van der Waals surface area contributed by atoms with Crippen LogP contribution in [0.4, 0.5) is 0 Å². The predicted octanol–water partition coefficient (Wildman–Crippen LogP) is 1.77. The first-order chi connectivity index (χ1) is 12.5. The number of hydrogen-bond donors (Lipinski definition) is 1. The van der Waals surface area contributed by atoms with Crippen LogP contribution in [-0.2, 0) is 17.9 Å². The molecular weight excluding hydrogens is 330 g/mol. The van der Waals surface area contributed by atoms with Gasteiger partial charge in [-0.1, -0.05) is 13.0 Å². The van der Waals surface area contributed by atoms with Crippen LogP contribution < -0.4 is 5.32 Å². The Kier molecular flexibility index (Phi) is 4.22. The maximum atomic E-state index is 12.6. The van der Waals surface area contributed by atoms with Gasteiger partial charge in [0, 0.05) is 44.1 Å². The standard InChI is InChI=1S/C19H23N5O2/c1-12-8-15(12)19(26)24-7-6-23-11-16(22-17(23)13(24)2)18(25)21-10-14-4-3-5-20-9-14/h3-5,9,11-13,15H,6-8,10H2,1-2H3,(H,21,25)/t12-,13+,15+/m1/s1. The Labute approximate surface area is 152 Å². The number of amides is 2. The van der Waals surface area contributed by atoms with Crippen LogP contribution in [0.5, 0.6) is 0 Å². The zero-order valence-corrected chi connectivity index (χ0v) is 15.1. The minimum Gasteiger partial charge on any atom is -0.347 e. The number of aromatic nitrogens is 3. The number of nitrogens with zero attached hydrogens (tertiary/aromatic N) is 4. The number of imidazole rings is 1. The van der Waals surface area contributed by atoms with Crippen molar-refractivity contribution in [2.24, 2.45) is 11.8 Å². The van der Waals surface area contributed by atoms with Crippen molar-refractivity contribution < 1.29 is 9.59 Å². The van der Waals surface area contributed by atoms with Crippen molar-refractivity contribution in [1.82, 2.24) is 24.8 Å². The van der Waals surface area contributed by atoms with Crippen LogP contribution in [0.15, 0.2) is 30.7 Å². The van der Waals surface area contributed by atoms with E-state index in [1.165, 1.54) is 0 Å². The largest absolute Gasteiger partial charge is 0.347 e. The van der Waals surface area contributed by atoms with Crippen LogP contribution in [0.2, 0.25) is 0 Å². The maximum absolute atomic E-state index is 12.6. The van der Waals surface area contributed by atoms with Gasteiger partial charge in [-0.25, -0.2) is 4.98 Å². The van der Waals surface area contributed by atoms with Crippen molar-refractivity contribution in [3.8, 4) is 0 Å². The molecule has 1 saturated carbocycles. The number of fused-ring (bicyclic) bond motifs is 1. The second kappa shape index (κ2) is 6.55. The Morgan fingerprint density at radius 2 is 2.12 bits per heavy atom. The highest BCUT2D eigenvalue weighted by atomic mass is 16.2. The maximum Gasteiger partial charge on any atom is 0.271 e. The van der Waals surface area contributed by atoms with E-state index >= 15 is 0 Å². The lowest BCUT2D eigenvalue weighted by molar-refractivity contribution is -0.136. The molecule has 2 amide bonds. The summed E-state index contributed by atoms with van der Waals surface area (Å²) in [5, 5.41) is 2.87. The van der Waals surface area contributed by atoms with E-state index in [9.17, 15) is 9.59 Å². The third-order valence-corrected chi connectivity index (χ3v) is 5.35. The summed E-state index contributed by atoms with van der Waals surface area (Å²) >= 11 is 0. The van der Waals surface area contributed by atoms with Crippen molar-refractivity contribution in [1.29, 1.82) is 0 Å². The Bertz CT molecular complexity index is 832. The van der Waals surface area contributed by atoms with Crippen molar-refractivity contribution in [2.45, 2.75) is 39.4 Å². The molecule has 0 saturated heterocycles. The summed E-state index contributed by atoms with van der Waals surface area (Å²) in [7, 11) is 0.